The first-order valence-corrected chi connectivity index (χ1v) is 7.11. The molecule has 0 unspecified atom stereocenters. The van der Waals surface area contributed by atoms with Gasteiger partial charge in [-0.2, -0.15) is 5.10 Å². The van der Waals surface area contributed by atoms with Crippen molar-refractivity contribution in [3.8, 4) is 0 Å². The SMILES string of the molecule is O=[N+]([O-])c1ccccc1/C=N/c1nnc(Cn2cccn2)s1. The topological polar surface area (TPSA) is 99.1 Å². The Kier molecular flexibility index (Phi) is 3.97. The van der Waals surface area contributed by atoms with Gasteiger partial charge >= 0.3 is 0 Å². The average molecular weight is 314 g/mol. The number of hydrogen-bond acceptors (Lipinski definition) is 7. The van der Waals surface area contributed by atoms with Gasteiger partial charge in [-0.25, -0.2) is 4.99 Å². The number of benzene rings is 1. The Labute approximate surface area is 128 Å². The Morgan fingerprint density at radius 2 is 2.18 bits per heavy atom. The van der Waals surface area contributed by atoms with Crippen molar-refractivity contribution in [2.75, 3.05) is 0 Å². The lowest BCUT2D eigenvalue weighted by molar-refractivity contribution is -0.385. The van der Waals surface area contributed by atoms with E-state index in [4.69, 9.17) is 0 Å². The normalized spacial score (nSPS) is 11.1. The van der Waals surface area contributed by atoms with E-state index in [0.717, 1.165) is 5.01 Å². The molecule has 0 aliphatic heterocycles. The number of aliphatic imine (C=N–C) groups is 1. The lowest BCUT2D eigenvalue weighted by atomic mass is 10.2. The van der Waals surface area contributed by atoms with Crippen LogP contribution in [0.2, 0.25) is 0 Å². The molecule has 0 aliphatic rings. The third-order valence-corrected chi connectivity index (χ3v) is 3.58. The Morgan fingerprint density at radius 1 is 1.32 bits per heavy atom. The molecule has 0 atom stereocenters. The quantitative estimate of drug-likeness (QED) is 0.409. The predicted octanol–water partition coefficient (Wildman–Crippen LogP) is 2.44. The molecule has 0 saturated heterocycles. The third kappa shape index (κ3) is 3.20. The Balaban J connectivity index is 1.76. The van der Waals surface area contributed by atoms with Crippen molar-refractivity contribution in [3.63, 3.8) is 0 Å². The zero-order chi connectivity index (χ0) is 15.4. The Morgan fingerprint density at radius 3 is 2.95 bits per heavy atom. The third-order valence-electron chi connectivity index (χ3n) is 2.76. The highest BCUT2D eigenvalue weighted by Crippen LogP contribution is 2.21. The average Bonchev–Trinajstić information content (AvgIpc) is 3.18. The van der Waals surface area contributed by atoms with Gasteiger partial charge in [0.1, 0.15) is 5.01 Å². The molecule has 1 aromatic carbocycles. The van der Waals surface area contributed by atoms with E-state index < -0.39 is 4.92 Å². The lowest BCUT2D eigenvalue weighted by Gasteiger charge is -1.95. The van der Waals surface area contributed by atoms with E-state index in [0.29, 0.717) is 17.2 Å². The van der Waals surface area contributed by atoms with Gasteiger partial charge in [0.25, 0.3) is 5.69 Å². The van der Waals surface area contributed by atoms with E-state index in [1.54, 1.807) is 29.1 Å². The number of rotatable bonds is 5. The van der Waals surface area contributed by atoms with E-state index in [9.17, 15) is 10.1 Å². The molecule has 0 spiro atoms. The molecular weight excluding hydrogens is 304 g/mol. The van der Waals surface area contributed by atoms with E-state index in [-0.39, 0.29) is 5.69 Å². The number of aromatic nitrogens is 4. The first-order chi connectivity index (χ1) is 10.7. The molecule has 3 aromatic rings. The van der Waals surface area contributed by atoms with Crippen molar-refractivity contribution in [1.29, 1.82) is 0 Å². The van der Waals surface area contributed by atoms with Crippen LogP contribution in [0.3, 0.4) is 0 Å². The van der Waals surface area contributed by atoms with E-state index >= 15 is 0 Å². The van der Waals surface area contributed by atoms with Gasteiger partial charge in [0, 0.05) is 24.7 Å². The van der Waals surface area contributed by atoms with Gasteiger partial charge in [0.15, 0.2) is 0 Å². The standard InChI is InChI=1S/C13H10N6O2S/c20-19(21)11-5-2-1-4-10(11)8-14-13-17-16-12(22-13)9-18-7-3-6-15-18/h1-8H,9H2/b14-8+. The lowest BCUT2D eigenvalue weighted by Crippen LogP contribution is -1.98. The van der Waals surface area contributed by atoms with Gasteiger partial charge in [-0.3, -0.25) is 14.8 Å². The van der Waals surface area contributed by atoms with Crippen molar-refractivity contribution in [2.45, 2.75) is 6.54 Å². The zero-order valence-electron chi connectivity index (χ0n) is 11.2. The van der Waals surface area contributed by atoms with Gasteiger partial charge in [-0.05, 0) is 12.1 Å². The molecule has 0 radical (unpaired) electrons. The second-order valence-corrected chi connectivity index (χ2v) is 5.30. The summed E-state index contributed by atoms with van der Waals surface area (Å²) in [6.45, 7) is 0.520. The maximum Gasteiger partial charge on any atom is 0.278 e. The van der Waals surface area contributed by atoms with E-state index in [1.165, 1.54) is 23.6 Å². The number of hydrogen-bond donors (Lipinski definition) is 0. The molecule has 8 nitrogen and oxygen atoms in total. The van der Waals surface area contributed by atoms with Crippen molar-refractivity contribution in [3.05, 3.63) is 63.4 Å². The summed E-state index contributed by atoms with van der Waals surface area (Å²) in [5, 5.41) is 24.2. The molecule has 0 bridgehead atoms. The highest BCUT2D eigenvalue weighted by Gasteiger charge is 2.10. The maximum absolute atomic E-state index is 10.9. The summed E-state index contributed by atoms with van der Waals surface area (Å²) in [4.78, 5) is 14.6. The summed E-state index contributed by atoms with van der Waals surface area (Å²) in [6, 6.07) is 8.23. The Bertz CT molecular complexity index is 812. The van der Waals surface area contributed by atoms with Gasteiger partial charge in [0.2, 0.25) is 5.13 Å². The summed E-state index contributed by atoms with van der Waals surface area (Å²) >= 11 is 1.31. The number of para-hydroxylation sites is 1. The minimum atomic E-state index is -0.440. The van der Waals surface area contributed by atoms with Crippen LogP contribution >= 0.6 is 11.3 Å². The molecule has 22 heavy (non-hydrogen) atoms. The minimum Gasteiger partial charge on any atom is -0.266 e. The second kappa shape index (κ2) is 6.22. The van der Waals surface area contributed by atoms with Crippen LogP contribution in [0.1, 0.15) is 10.6 Å². The highest BCUT2D eigenvalue weighted by molar-refractivity contribution is 7.14. The zero-order valence-corrected chi connectivity index (χ0v) is 12.1. The van der Waals surface area contributed by atoms with Crippen molar-refractivity contribution in [2.24, 2.45) is 4.99 Å². The van der Waals surface area contributed by atoms with Crippen LogP contribution in [-0.2, 0) is 6.54 Å². The van der Waals surface area contributed by atoms with Crippen LogP contribution in [0.5, 0.6) is 0 Å². The first kappa shape index (κ1) is 14.0. The van der Waals surface area contributed by atoms with Crippen LogP contribution < -0.4 is 0 Å². The van der Waals surface area contributed by atoms with Crippen LogP contribution in [0.4, 0.5) is 10.8 Å². The summed E-state index contributed by atoms with van der Waals surface area (Å²) < 4.78 is 1.73. The fourth-order valence-electron chi connectivity index (χ4n) is 1.78. The van der Waals surface area contributed by atoms with E-state index in [2.05, 4.69) is 20.3 Å². The smallest absolute Gasteiger partial charge is 0.266 e. The Hall–Kier alpha value is -2.94. The molecule has 0 saturated carbocycles. The van der Waals surface area contributed by atoms with Crippen LogP contribution in [0.15, 0.2) is 47.7 Å². The molecule has 3 rings (SSSR count). The fraction of sp³-hybridized carbons (Fsp3) is 0.0769. The number of nitro benzene ring substituents is 1. The van der Waals surface area contributed by atoms with Crippen molar-refractivity contribution >= 4 is 28.4 Å². The van der Waals surface area contributed by atoms with Crippen molar-refractivity contribution < 1.29 is 4.92 Å². The first-order valence-electron chi connectivity index (χ1n) is 6.29. The molecule has 0 amide bonds. The predicted molar refractivity (Wildman–Crippen MR) is 81.6 cm³/mol. The van der Waals surface area contributed by atoms with Crippen molar-refractivity contribution in [1.82, 2.24) is 20.0 Å². The second-order valence-electron chi connectivity index (χ2n) is 4.26. The van der Waals surface area contributed by atoms with Crippen LogP contribution in [-0.4, -0.2) is 31.1 Å². The summed E-state index contributed by atoms with van der Waals surface area (Å²) in [6.07, 6.45) is 4.95. The van der Waals surface area contributed by atoms with Gasteiger partial charge in [0.05, 0.1) is 17.0 Å². The summed E-state index contributed by atoms with van der Waals surface area (Å²) in [5.74, 6) is 0. The van der Waals surface area contributed by atoms with Gasteiger partial charge < -0.3 is 0 Å². The molecule has 0 aliphatic carbocycles. The maximum atomic E-state index is 10.9. The molecule has 2 heterocycles. The molecular formula is C13H10N6O2S. The molecule has 2 aromatic heterocycles. The summed E-state index contributed by atoms with van der Waals surface area (Å²) in [7, 11) is 0. The van der Waals surface area contributed by atoms with Crippen LogP contribution in [0, 0.1) is 10.1 Å². The van der Waals surface area contributed by atoms with Gasteiger partial charge in [-0.15, -0.1) is 10.2 Å². The molecule has 0 fully saturated rings. The van der Waals surface area contributed by atoms with Gasteiger partial charge in [-0.1, -0.05) is 23.5 Å². The molecule has 110 valence electrons. The molecule has 9 heteroatoms. The summed E-state index contributed by atoms with van der Waals surface area (Å²) in [5.41, 5.74) is 0.434. The largest absolute Gasteiger partial charge is 0.278 e. The monoisotopic (exact) mass is 314 g/mol. The fourth-order valence-corrected chi connectivity index (χ4v) is 2.46. The molecule has 0 N–H and O–H groups in total. The number of nitro groups is 1. The highest BCUT2D eigenvalue weighted by atomic mass is 32.1. The van der Waals surface area contributed by atoms with Crippen LogP contribution in [0.25, 0.3) is 0 Å². The minimum absolute atomic E-state index is 0.00697. The van der Waals surface area contributed by atoms with E-state index in [1.807, 2.05) is 12.3 Å². The number of nitrogens with zero attached hydrogens (tertiary/aromatic N) is 6.